The zero-order valence-corrected chi connectivity index (χ0v) is 9.82. The average Bonchev–Trinajstić information content (AvgIpc) is 2.36. The predicted octanol–water partition coefficient (Wildman–Crippen LogP) is 3.29. The van der Waals surface area contributed by atoms with Crippen LogP contribution < -0.4 is 4.74 Å². The summed E-state index contributed by atoms with van der Waals surface area (Å²) in [5, 5.41) is 2.32. The molecule has 0 aliphatic carbocycles. The normalized spacial score (nSPS) is 11.8. The number of nitrogens with zero attached hydrogens (tertiary/aromatic N) is 1. The van der Waals surface area contributed by atoms with E-state index >= 15 is 0 Å². The Labute approximate surface area is 95.6 Å². The minimum Gasteiger partial charge on any atom is -0.495 e. The Balaban J connectivity index is 2.78. The number of aliphatic imine (C=N–C) groups is 1. The maximum Gasteiger partial charge on any atom is 0.135 e. The molecule has 2 rings (SSSR count). The summed E-state index contributed by atoms with van der Waals surface area (Å²) in [4.78, 5) is 4.21. The molecule has 2 aromatic carbocycles. The Morgan fingerprint density at radius 1 is 1.12 bits per heavy atom. The maximum absolute atomic E-state index is 5.50. The van der Waals surface area contributed by atoms with Gasteiger partial charge >= 0.3 is 0 Å². The summed E-state index contributed by atoms with van der Waals surface area (Å²) in [6, 6.07) is 12.4. The van der Waals surface area contributed by atoms with Gasteiger partial charge in [0.15, 0.2) is 0 Å². The molecule has 2 nitrogen and oxygen atoms in total. The lowest BCUT2D eigenvalue weighted by Gasteiger charge is -2.11. The van der Waals surface area contributed by atoms with Gasteiger partial charge in [-0.2, -0.15) is 0 Å². The van der Waals surface area contributed by atoms with Crippen molar-refractivity contribution in [2.24, 2.45) is 4.99 Å². The molecular formula is C14H15NO. The largest absolute Gasteiger partial charge is 0.495 e. The van der Waals surface area contributed by atoms with Crippen LogP contribution in [0, 0.1) is 0 Å². The number of methoxy groups -OCH3 is 1. The van der Waals surface area contributed by atoms with Crippen LogP contribution in [0.3, 0.4) is 0 Å². The molecular weight excluding hydrogens is 198 g/mol. The van der Waals surface area contributed by atoms with Gasteiger partial charge in [-0.1, -0.05) is 30.3 Å². The predicted molar refractivity (Wildman–Crippen MR) is 68.6 cm³/mol. The molecule has 16 heavy (non-hydrogen) atoms. The molecule has 0 aliphatic rings. The second-order valence-corrected chi connectivity index (χ2v) is 3.68. The van der Waals surface area contributed by atoms with Crippen molar-refractivity contribution in [3.8, 4) is 5.75 Å². The summed E-state index contributed by atoms with van der Waals surface area (Å²) in [5.74, 6) is 0.904. The quantitative estimate of drug-likeness (QED) is 0.701. The summed E-state index contributed by atoms with van der Waals surface area (Å²) in [6.45, 7) is 1.99. The number of benzene rings is 2. The van der Waals surface area contributed by atoms with Crippen LogP contribution in [0.25, 0.3) is 10.8 Å². The van der Waals surface area contributed by atoms with Gasteiger partial charge in [0.2, 0.25) is 0 Å². The first kappa shape index (κ1) is 10.7. The molecule has 0 N–H and O–H groups in total. The van der Waals surface area contributed by atoms with Crippen LogP contribution in [0.2, 0.25) is 0 Å². The van der Waals surface area contributed by atoms with Crippen molar-refractivity contribution < 1.29 is 4.74 Å². The van der Waals surface area contributed by atoms with Crippen LogP contribution in [-0.2, 0) is 0 Å². The van der Waals surface area contributed by atoms with Gasteiger partial charge in [-0.3, -0.25) is 4.99 Å². The second-order valence-electron chi connectivity index (χ2n) is 3.68. The Morgan fingerprint density at radius 2 is 1.88 bits per heavy atom. The first-order valence-electron chi connectivity index (χ1n) is 5.27. The molecule has 2 aromatic rings. The fraction of sp³-hybridized carbons (Fsp3) is 0.214. The zero-order chi connectivity index (χ0) is 11.5. The van der Waals surface area contributed by atoms with E-state index in [1.165, 1.54) is 5.39 Å². The first-order valence-corrected chi connectivity index (χ1v) is 5.27. The Kier molecular flexibility index (Phi) is 2.91. The fourth-order valence-electron chi connectivity index (χ4n) is 1.87. The fourth-order valence-corrected chi connectivity index (χ4v) is 1.87. The first-order chi connectivity index (χ1) is 7.77. The molecule has 0 unspecified atom stereocenters. The molecule has 0 atom stereocenters. The van der Waals surface area contributed by atoms with E-state index in [0.717, 1.165) is 22.4 Å². The van der Waals surface area contributed by atoms with Crippen molar-refractivity contribution in [1.82, 2.24) is 0 Å². The minimum absolute atomic E-state index is 0.904. The van der Waals surface area contributed by atoms with Crippen molar-refractivity contribution >= 4 is 16.5 Å². The highest BCUT2D eigenvalue weighted by molar-refractivity contribution is 6.06. The smallest absolute Gasteiger partial charge is 0.135 e. The highest BCUT2D eigenvalue weighted by Gasteiger charge is 2.09. The zero-order valence-electron chi connectivity index (χ0n) is 9.82. The van der Waals surface area contributed by atoms with Gasteiger partial charge < -0.3 is 4.74 Å². The van der Waals surface area contributed by atoms with Crippen molar-refractivity contribution in [1.29, 1.82) is 0 Å². The summed E-state index contributed by atoms with van der Waals surface area (Å²) >= 11 is 0. The van der Waals surface area contributed by atoms with Gasteiger partial charge in [-0.05, 0) is 18.4 Å². The molecule has 0 spiro atoms. The minimum atomic E-state index is 0.904. The van der Waals surface area contributed by atoms with E-state index < -0.39 is 0 Å². The summed E-state index contributed by atoms with van der Waals surface area (Å²) in [7, 11) is 3.50. The third-order valence-electron chi connectivity index (χ3n) is 2.81. The van der Waals surface area contributed by atoms with E-state index in [9.17, 15) is 0 Å². The number of hydrogen-bond acceptors (Lipinski definition) is 2. The van der Waals surface area contributed by atoms with Crippen molar-refractivity contribution in [3.05, 3.63) is 42.0 Å². The summed E-state index contributed by atoms with van der Waals surface area (Å²) in [6.07, 6.45) is 0. The maximum atomic E-state index is 5.50. The van der Waals surface area contributed by atoms with Crippen LogP contribution in [0.1, 0.15) is 12.5 Å². The monoisotopic (exact) mass is 213 g/mol. The lowest BCUT2D eigenvalue weighted by Crippen LogP contribution is -1.99. The van der Waals surface area contributed by atoms with Crippen molar-refractivity contribution in [2.75, 3.05) is 14.2 Å². The van der Waals surface area contributed by atoms with E-state index in [0.29, 0.717) is 0 Å². The number of rotatable bonds is 2. The Morgan fingerprint density at radius 3 is 2.56 bits per heavy atom. The number of hydrogen-bond donors (Lipinski definition) is 0. The van der Waals surface area contributed by atoms with Crippen molar-refractivity contribution in [2.45, 2.75) is 6.92 Å². The lowest BCUT2D eigenvalue weighted by atomic mass is 10.0. The molecule has 0 saturated carbocycles. The SMILES string of the molecule is CN=C(C)c1ccc2ccccc2c1OC. The molecule has 0 fully saturated rings. The highest BCUT2D eigenvalue weighted by atomic mass is 16.5. The Hall–Kier alpha value is -1.83. The van der Waals surface area contributed by atoms with E-state index in [4.69, 9.17) is 4.74 Å². The summed E-state index contributed by atoms with van der Waals surface area (Å²) in [5.41, 5.74) is 2.05. The standard InChI is InChI=1S/C14H15NO/c1-10(15-2)12-9-8-11-6-4-5-7-13(11)14(12)16-3/h4-9H,1-3H3. The van der Waals surface area contributed by atoms with Gasteiger partial charge in [0.1, 0.15) is 5.75 Å². The van der Waals surface area contributed by atoms with Crippen LogP contribution in [-0.4, -0.2) is 19.9 Å². The molecule has 0 saturated heterocycles. The lowest BCUT2D eigenvalue weighted by molar-refractivity contribution is 0.419. The molecule has 0 bridgehead atoms. The summed E-state index contributed by atoms with van der Waals surface area (Å²) < 4.78 is 5.50. The molecule has 0 amide bonds. The molecule has 2 heteroatoms. The Bertz CT molecular complexity index is 543. The van der Waals surface area contributed by atoms with Crippen LogP contribution in [0.4, 0.5) is 0 Å². The topological polar surface area (TPSA) is 21.6 Å². The average molecular weight is 213 g/mol. The third-order valence-corrected chi connectivity index (χ3v) is 2.81. The number of fused-ring (bicyclic) bond motifs is 1. The van der Waals surface area contributed by atoms with Gasteiger partial charge in [-0.25, -0.2) is 0 Å². The highest BCUT2D eigenvalue weighted by Crippen LogP contribution is 2.29. The second kappa shape index (κ2) is 4.35. The van der Waals surface area contributed by atoms with Crippen LogP contribution in [0.15, 0.2) is 41.4 Å². The molecule has 0 radical (unpaired) electrons. The van der Waals surface area contributed by atoms with Gasteiger partial charge in [0.25, 0.3) is 0 Å². The van der Waals surface area contributed by atoms with Gasteiger partial charge in [-0.15, -0.1) is 0 Å². The van der Waals surface area contributed by atoms with Crippen molar-refractivity contribution in [3.63, 3.8) is 0 Å². The van der Waals surface area contributed by atoms with E-state index in [-0.39, 0.29) is 0 Å². The molecule has 82 valence electrons. The van der Waals surface area contributed by atoms with Crippen LogP contribution in [0.5, 0.6) is 5.75 Å². The van der Waals surface area contributed by atoms with Gasteiger partial charge in [0, 0.05) is 23.7 Å². The van der Waals surface area contributed by atoms with Gasteiger partial charge in [0.05, 0.1) is 7.11 Å². The van der Waals surface area contributed by atoms with E-state index in [2.05, 4.69) is 29.3 Å². The third kappa shape index (κ3) is 1.67. The number of ether oxygens (including phenoxy) is 1. The van der Waals surface area contributed by atoms with E-state index in [1.54, 1.807) is 14.2 Å². The molecule has 0 aliphatic heterocycles. The van der Waals surface area contributed by atoms with E-state index in [1.807, 2.05) is 19.1 Å². The molecule has 0 heterocycles. The van der Waals surface area contributed by atoms with Crippen LogP contribution >= 0.6 is 0 Å². The molecule has 0 aromatic heterocycles.